The van der Waals surface area contributed by atoms with E-state index in [1.54, 1.807) is 19.9 Å². The Morgan fingerprint density at radius 3 is 2.36 bits per heavy atom. The average molecular weight is 541 g/mol. The number of rotatable bonds is 6. The van der Waals surface area contributed by atoms with E-state index in [4.69, 9.17) is 18.9 Å². The molecular formula is C31H37FO7. The molecule has 2 aromatic carbocycles. The lowest BCUT2D eigenvalue weighted by atomic mass is 9.80. The van der Waals surface area contributed by atoms with Crippen LogP contribution in [0.4, 0.5) is 4.39 Å². The number of cyclic esters (lactones) is 1. The van der Waals surface area contributed by atoms with Crippen LogP contribution in [-0.4, -0.2) is 24.2 Å². The molecule has 0 spiro atoms. The van der Waals surface area contributed by atoms with Crippen LogP contribution in [0.25, 0.3) is 0 Å². The van der Waals surface area contributed by atoms with Crippen molar-refractivity contribution in [2.24, 2.45) is 23.2 Å². The molecule has 1 unspecified atom stereocenters. The molecule has 7 nitrogen and oxygen atoms in total. The number of halogens is 1. The van der Waals surface area contributed by atoms with Crippen LogP contribution in [0.5, 0.6) is 23.0 Å². The first-order valence-electron chi connectivity index (χ1n) is 13.8. The second-order valence-electron chi connectivity index (χ2n) is 11.8. The van der Waals surface area contributed by atoms with E-state index in [1.165, 1.54) is 13.2 Å². The zero-order chi connectivity index (χ0) is 28.2. The Hall–Kier alpha value is -3.13. The van der Waals surface area contributed by atoms with Gasteiger partial charge >= 0.3 is 11.9 Å². The molecule has 1 atom stereocenters. The molecule has 1 aliphatic heterocycles. The van der Waals surface area contributed by atoms with Crippen molar-refractivity contribution in [2.45, 2.75) is 79.4 Å². The van der Waals surface area contributed by atoms with Gasteiger partial charge in [-0.1, -0.05) is 13.8 Å². The first-order valence-corrected chi connectivity index (χ1v) is 13.8. The van der Waals surface area contributed by atoms with Crippen LogP contribution in [0.1, 0.15) is 91.6 Å². The molecule has 39 heavy (non-hydrogen) atoms. The standard InChI is InChI=1S/C31H37FO7/c1-15(2)13-22(33)20-11-12-23-24(27(20)36-6)29(34)37-14-21-25(32)16(3)17(4)26(28(21)38-23)39-30(35)31(5)18-7-8-19(31)10-9-18/h11-12,15,18-19,22,33H,7-10,13-14H2,1-6H3. The van der Waals surface area contributed by atoms with Crippen molar-refractivity contribution in [1.82, 2.24) is 0 Å². The van der Waals surface area contributed by atoms with Gasteiger partial charge in [-0.15, -0.1) is 0 Å². The Bertz CT molecular complexity index is 1310. The smallest absolute Gasteiger partial charge is 0.346 e. The van der Waals surface area contributed by atoms with Crippen molar-refractivity contribution < 1.29 is 38.0 Å². The third kappa shape index (κ3) is 4.37. The monoisotopic (exact) mass is 540 g/mol. The second-order valence-corrected chi connectivity index (χ2v) is 11.8. The van der Waals surface area contributed by atoms with Crippen molar-refractivity contribution in [2.75, 3.05) is 7.11 Å². The molecule has 1 N–H and O–H groups in total. The fourth-order valence-corrected chi connectivity index (χ4v) is 6.72. The highest BCUT2D eigenvalue weighted by Gasteiger charge is 2.57. The molecule has 3 aliphatic rings. The maximum atomic E-state index is 15.6. The summed E-state index contributed by atoms with van der Waals surface area (Å²) in [4.78, 5) is 26.9. The number of ether oxygens (including phenoxy) is 4. The molecule has 5 rings (SSSR count). The van der Waals surface area contributed by atoms with Crippen molar-refractivity contribution in [3.8, 4) is 23.0 Å². The maximum Gasteiger partial charge on any atom is 0.346 e. The van der Waals surface area contributed by atoms with Gasteiger partial charge in [0.05, 0.1) is 24.2 Å². The predicted octanol–water partition coefficient (Wildman–Crippen LogP) is 6.73. The third-order valence-corrected chi connectivity index (χ3v) is 9.21. The van der Waals surface area contributed by atoms with Crippen LogP contribution in [0.2, 0.25) is 0 Å². The first kappa shape index (κ1) is 27.4. The highest BCUT2D eigenvalue weighted by atomic mass is 19.1. The normalized spacial score (nSPS) is 24.3. The molecule has 2 aliphatic carbocycles. The summed E-state index contributed by atoms with van der Waals surface area (Å²) >= 11 is 0. The average Bonchev–Trinajstić information content (AvgIpc) is 3.40. The van der Waals surface area contributed by atoms with Crippen LogP contribution < -0.4 is 14.2 Å². The van der Waals surface area contributed by atoms with E-state index in [0.717, 1.165) is 25.7 Å². The van der Waals surface area contributed by atoms with Crippen molar-refractivity contribution >= 4 is 11.9 Å². The van der Waals surface area contributed by atoms with Gasteiger partial charge in [0.2, 0.25) is 0 Å². The van der Waals surface area contributed by atoms with Gasteiger partial charge < -0.3 is 24.1 Å². The van der Waals surface area contributed by atoms with Gasteiger partial charge in [0, 0.05) is 11.1 Å². The minimum absolute atomic E-state index is 0.00216. The van der Waals surface area contributed by atoms with Crippen LogP contribution >= 0.6 is 0 Å². The lowest BCUT2D eigenvalue weighted by Crippen LogP contribution is -2.36. The van der Waals surface area contributed by atoms with E-state index in [-0.39, 0.29) is 57.8 Å². The number of hydrogen-bond donors (Lipinski definition) is 1. The summed E-state index contributed by atoms with van der Waals surface area (Å²) in [6, 6.07) is 3.16. The summed E-state index contributed by atoms with van der Waals surface area (Å²) in [6.45, 7) is 8.81. The highest BCUT2D eigenvalue weighted by Crippen LogP contribution is 2.59. The van der Waals surface area contributed by atoms with Crippen LogP contribution in [0.3, 0.4) is 0 Å². The van der Waals surface area contributed by atoms with Crippen LogP contribution in [0, 0.1) is 42.8 Å². The molecule has 0 aromatic heterocycles. The molecule has 2 saturated carbocycles. The highest BCUT2D eigenvalue weighted by molar-refractivity contribution is 5.97. The number of benzene rings is 2. The lowest BCUT2D eigenvalue weighted by molar-refractivity contribution is -0.147. The molecule has 0 amide bonds. The van der Waals surface area contributed by atoms with Crippen molar-refractivity contribution in [3.05, 3.63) is 45.8 Å². The van der Waals surface area contributed by atoms with Gasteiger partial charge in [-0.25, -0.2) is 9.18 Å². The Labute approximate surface area is 228 Å². The molecule has 0 radical (unpaired) electrons. The quantitative estimate of drug-likeness (QED) is 0.321. The first-order chi connectivity index (χ1) is 18.5. The SMILES string of the molecule is COc1c(C(O)CC(C)C)ccc2c1C(=O)OCc1c(F)c(C)c(C)c(OC(=O)C3(C)C4CCC3CC4)c1O2. The maximum absolute atomic E-state index is 15.6. The molecule has 0 saturated heterocycles. The molecule has 8 heteroatoms. The number of methoxy groups -OCH3 is 1. The molecule has 1 heterocycles. The number of carbonyl (C=O) groups is 2. The largest absolute Gasteiger partial charge is 0.495 e. The van der Waals surface area contributed by atoms with Crippen molar-refractivity contribution in [3.63, 3.8) is 0 Å². The van der Waals surface area contributed by atoms with E-state index < -0.39 is 29.9 Å². The fourth-order valence-electron chi connectivity index (χ4n) is 6.72. The van der Waals surface area contributed by atoms with Gasteiger partial charge in [0.25, 0.3) is 0 Å². The number of esters is 2. The lowest BCUT2D eigenvalue weighted by Gasteiger charge is -2.29. The van der Waals surface area contributed by atoms with Gasteiger partial charge in [-0.3, -0.25) is 4.79 Å². The Morgan fingerprint density at radius 1 is 1.13 bits per heavy atom. The molecule has 2 bridgehead atoms. The minimum Gasteiger partial charge on any atom is -0.495 e. The number of carbonyl (C=O) groups excluding carboxylic acids is 2. The number of aliphatic hydroxyl groups excluding tert-OH is 1. The summed E-state index contributed by atoms with van der Waals surface area (Å²) in [5, 5.41) is 10.8. The van der Waals surface area contributed by atoms with E-state index in [1.807, 2.05) is 20.8 Å². The third-order valence-electron chi connectivity index (χ3n) is 9.21. The van der Waals surface area contributed by atoms with Crippen LogP contribution in [-0.2, 0) is 16.1 Å². The number of hydrogen-bond acceptors (Lipinski definition) is 7. The summed E-state index contributed by atoms with van der Waals surface area (Å²) in [5.41, 5.74) is 0.550. The molecule has 2 fully saturated rings. The zero-order valence-electron chi connectivity index (χ0n) is 23.5. The van der Waals surface area contributed by atoms with E-state index in [0.29, 0.717) is 23.1 Å². The van der Waals surface area contributed by atoms with Gasteiger partial charge in [-0.2, -0.15) is 0 Å². The van der Waals surface area contributed by atoms with Gasteiger partial charge in [-0.05, 0) is 88.3 Å². The Balaban J connectivity index is 1.61. The second kappa shape index (κ2) is 10.1. The van der Waals surface area contributed by atoms with E-state index in [2.05, 4.69) is 0 Å². The Morgan fingerprint density at radius 2 is 1.77 bits per heavy atom. The van der Waals surface area contributed by atoms with Gasteiger partial charge in [0.1, 0.15) is 29.5 Å². The number of aliphatic hydroxyl groups is 1. The summed E-state index contributed by atoms with van der Waals surface area (Å²) < 4.78 is 39.0. The summed E-state index contributed by atoms with van der Waals surface area (Å²) in [7, 11) is 1.40. The van der Waals surface area contributed by atoms with E-state index >= 15 is 4.39 Å². The number of fused-ring (bicyclic) bond motifs is 4. The minimum atomic E-state index is -0.878. The zero-order valence-corrected chi connectivity index (χ0v) is 23.5. The van der Waals surface area contributed by atoms with Gasteiger partial charge in [0.15, 0.2) is 11.5 Å². The molecule has 210 valence electrons. The molecular weight excluding hydrogens is 503 g/mol. The topological polar surface area (TPSA) is 91.3 Å². The predicted molar refractivity (Wildman–Crippen MR) is 142 cm³/mol. The summed E-state index contributed by atoms with van der Waals surface area (Å²) in [6.07, 6.45) is 3.58. The van der Waals surface area contributed by atoms with Crippen LogP contribution in [0.15, 0.2) is 12.1 Å². The fraction of sp³-hybridized carbons (Fsp3) is 0.548. The van der Waals surface area contributed by atoms with E-state index in [9.17, 15) is 14.7 Å². The summed E-state index contributed by atoms with van der Waals surface area (Å²) in [5.74, 6) is -0.627. The van der Waals surface area contributed by atoms with Crippen molar-refractivity contribution in [1.29, 1.82) is 0 Å². The molecule has 2 aromatic rings. The Kier molecular flexibility index (Phi) is 7.12.